The number of hydrogen-bond acceptors (Lipinski definition) is 3. The highest BCUT2D eigenvalue weighted by Gasteiger charge is 2.24. The summed E-state index contributed by atoms with van der Waals surface area (Å²) in [5, 5.41) is 12.3. The summed E-state index contributed by atoms with van der Waals surface area (Å²) in [6.45, 7) is 2.63. The second kappa shape index (κ2) is 5.70. The molecule has 17 heavy (non-hydrogen) atoms. The summed E-state index contributed by atoms with van der Waals surface area (Å²) in [7, 11) is 0. The molecule has 1 aliphatic carbocycles. The highest BCUT2D eigenvalue weighted by molar-refractivity contribution is 5.27. The van der Waals surface area contributed by atoms with Gasteiger partial charge in [0.15, 0.2) is 0 Å². The van der Waals surface area contributed by atoms with E-state index >= 15 is 0 Å². The maximum absolute atomic E-state index is 8.98. The Morgan fingerprint density at radius 2 is 2.35 bits per heavy atom. The van der Waals surface area contributed by atoms with Gasteiger partial charge in [-0.1, -0.05) is 12.1 Å². The van der Waals surface area contributed by atoms with E-state index in [1.165, 1.54) is 18.4 Å². The number of nitrogens with zero attached hydrogens (tertiary/aromatic N) is 1. The van der Waals surface area contributed by atoms with Crippen LogP contribution in [0.4, 0.5) is 0 Å². The zero-order valence-electron chi connectivity index (χ0n) is 10.1. The summed E-state index contributed by atoms with van der Waals surface area (Å²) in [4.78, 5) is 0. The SMILES string of the molecule is Cc1cccc(OCCC(C#N)NC2CC2)c1. The van der Waals surface area contributed by atoms with Gasteiger partial charge in [-0.2, -0.15) is 5.26 Å². The van der Waals surface area contributed by atoms with Crippen molar-refractivity contribution in [2.75, 3.05) is 6.61 Å². The van der Waals surface area contributed by atoms with Crippen molar-refractivity contribution >= 4 is 0 Å². The fraction of sp³-hybridized carbons (Fsp3) is 0.500. The Bertz CT molecular complexity index is 407. The molecule has 1 N–H and O–H groups in total. The lowest BCUT2D eigenvalue weighted by atomic mass is 10.2. The Morgan fingerprint density at radius 1 is 1.53 bits per heavy atom. The maximum atomic E-state index is 8.98. The van der Waals surface area contributed by atoms with Crippen molar-refractivity contribution in [3.63, 3.8) is 0 Å². The molecule has 1 aliphatic rings. The van der Waals surface area contributed by atoms with Gasteiger partial charge in [-0.05, 0) is 37.5 Å². The van der Waals surface area contributed by atoms with Crippen LogP contribution in [-0.2, 0) is 0 Å². The Morgan fingerprint density at radius 3 is 3.00 bits per heavy atom. The van der Waals surface area contributed by atoms with Gasteiger partial charge in [0.25, 0.3) is 0 Å². The molecule has 0 saturated heterocycles. The molecule has 3 heteroatoms. The normalized spacial score (nSPS) is 16.2. The van der Waals surface area contributed by atoms with E-state index < -0.39 is 0 Å². The number of benzene rings is 1. The monoisotopic (exact) mass is 230 g/mol. The first-order valence-corrected chi connectivity index (χ1v) is 6.13. The van der Waals surface area contributed by atoms with Gasteiger partial charge >= 0.3 is 0 Å². The Labute approximate surface area is 102 Å². The predicted molar refractivity (Wildman–Crippen MR) is 66.8 cm³/mol. The third-order valence-electron chi connectivity index (χ3n) is 2.83. The molecule has 3 nitrogen and oxygen atoms in total. The number of rotatable bonds is 6. The van der Waals surface area contributed by atoms with E-state index in [1.807, 2.05) is 31.2 Å². The van der Waals surface area contributed by atoms with E-state index in [9.17, 15) is 0 Å². The third kappa shape index (κ3) is 4.08. The van der Waals surface area contributed by atoms with Gasteiger partial charge in [-0.3, -0.25) is 5.32 Å². The van der Waals surface area contributed by atoms with E-state index in [4.69, 9.17) is 10.00 Å². The van der Waals surface area contributed by atoms with Crippen LogP contribution >= 0.6 is 0 Å². The van der Waals surface area contributed by atoms with Gasteiger partial charge in [-0.25, -0.2) is 0 Å². The molecule has 1 fully saturated rings. The van der Waals surface area contributed by atoms with Crippen molar-refractivity contribution in [1.29, 1.82) is 5.26 Å². The average Bonchev–Trinajstić information content (AvgIpc) is 3.12. The topological polar surface area (TPSA) is 45.0 Å². The quantitative estimate of drug-likeness (QED) is 0.816. The third-order valence-corrected chi connectivity index (χ3v) is 2.83. The summed E-state index contributed by atoms with van der Waals surface area (Å²) < 4.78 is 5.63. The van der Waals surface area contributed by atoms with Crippen LogP contribution in [0.2, 0.25) is 0 Å². The smallest absolute Gasteiger partial charge is 0.119 e. The lowest BCUT2D eigenvalue weighted by Gasteiger charge is -2.11. The zero-order chi connectivity index (χ0) is 12.1. The maximum Gasteiger partial charge on any atom is 0.119 e. The summed E-state index contributed by atoms with van der Waals surface area (Å²) in [6, 6.07) is 10.8. The molecule has 0 aromatic heterocycles. The molecule has 0 amide bonds. The molecule has 0 bridgehead atoms. The number of hydrogen-bond donors (Lipinski definition) is 1. The molecule has 1 saturated carbocycles. The Kier molecular flexibility index (Phi) is 4.00. The van der Waals surface area contributed by atoms with Gasteiger partial charge in [0, 0.05) is 12.5 Å². The molecule has 0 aliphatic heterocycles. The molecule has 0 radical (unpaired) electrons. The Hall–Kier alpha value is -1.53. The van der Waals surface area contributed by atoms with Gasteiger partial charge in [0.2, 0.25) is 0 Å². The van der Waals surface area contributed by atoms with Gasteiger partial charge in [0.1, 0.15) is 5.75 Å². The predicted octanol–water partition coefficient (Wildman–Crippen LogP) is 2.41. The van der Waals surface area contributed by atoms with Crippen LogP contribution in [0.1, 0.15) is 24.8 Å². The lowest BCUT2D eigenvalue weighted by molar-refractivity contribution is 0.297. The minimum atomic E-state index is -0.0766. The van der Waals surface area contributed by atoms with Crippen LogP contribution in [-0.4, -0.2) is 18.7 Å². The number of aryl methyl sites for hydroxylation is 1. The molecule has 1 aromatic rings. The van der Waals surface area contributed by atoms with Gasteiger partial charge in [0.05, 0.1) is 18.7 Å². The van der Waals surface area contributed by atoms with Crippen molar-refractivity contribution in [3.8, 4) is 11.8 Å². The molecule has 1 unspecified atom stereocenters. The standard InChI is InChI=1S/C14H18N2O/c1-11-3-2-4-14(9-11)17-8-7-13(10-15)16-12-5-6-12/h2-4,9,12-13,16H,5-8H2,1H3. The van der Waals surface area contributed by atoms with Crippen molar-refractivity contribution in [3.05, 3.63) is 29.8 Å². The molecule has 1 aromatic carbocycles. The first-order valence-electron chi connectivity index (χ1n) is 6.13. The largest absolute Gasteiger partial charge is 0.493 e. The van der Waals surface area contributed by atoms with Crippen LogP contribution < -0.4 is 10.1 Å². The van der Waals surface area contributed by atoms with Crippen LogP contribution in [0.5, 0.6) is 5.75 Å². The number of nitriles is 1. The highest BCUT2D eigenvalue weighted by atomic mass is 16.5. The van der Waals surface area contributed by atoms with Gasteiger partial charge < -0.3 is 4.74 Å². The molecule has 1 atom stereocenters. The molecule has 0 spiro atoms. The van der Waals surface area contributed by atoms with Crippen molar-refractivity contribution in [2.24, 2.45) is 0 Å². The summed E-state index contributed by atoms with van der Waals surface area (Å²) in [5.41, 5.74) is 1.19. The zero-order valence-corrected chi connectivity index (χ0v) is 10.1. The minimum absolute atomic E-state index is 0.0766. The molecule has 90 valence electrons. The fourth-order valence-corrected chi connectivity index (χ4v) is 1.72. The summed E-state index contributed by atoms with van der Waals surface area (Å²) in [6.07, 6.45) is 3.15. The van der Waals surface area contributed by atoms with Gasteiger partial charge in [-0.15, -0.1) is 0 Å². The van der Waals surface area contributed by atoms with E-state index in [2.05, 4.69) is 11.4 Å². The number of nitrogens with one attached hydrogen (secondary N) is 1. The second-order valence-corrected chi connectivity index (χ2v) is 4.58. The van der Waals surface area contributed by atoms with Crippen molar-refractivity contribution < 1.29 is 4.74 Å². The molecular formula is C14H18N2O. The van der Waals surface area contributed by atoms with Crippen LogP contribution in [0, 0.1) is 18.3 Å². The first kappa shape index (κ1) is 11.9. The fourth-order valence-electron chi connectivity index (χ4n) is 1.72. The van der Waals surface area contributed by atoms with Crippen molar-refractivity contribution in [2.45, 2.75) is 38.3 Å². The van der Waals surface area contributed by atoms with Crippen molar-refractivity contribution in [1.82, 2.24) is 5.32 Å². The molecule has 2 rings (SSSR count). The van der Waals surface area contributed by atoms with Crippen LogP contribution in [0.25, 0.3) is 0 Å². The minimum Gasteiger partial charge on any atom is -0.493 e. The Balaban J connectivity index is 1.72. The summed E-state index contributed by atoms with van der Waals surface area (Å²) >= 11 is 0. The van der Waals surface area contributed by atoms with E-state index in [0.29, 0.717) is 12.6 Å². The highest BCUT2D eigenvalue weighted by Crippen LogP contribution is 2.20. The lowest BCUT2D eigenvalue weighted by Crippen LogP contribution is -2.31. The van der Waals surface area contributed by atoms with E-state index in [1.54, 1.807) is 0 Å². The molecular weight excluding hydrogens is 212 g/mol. The van der Waals surface area contributed by atoms with E-state index in [-0.39, 0.29) is 6.04 Å². The van der Waals surface area contributed by atoms with E-state index in [0.717, 1.165) is 12.2 Å². The number of ether oxygens (including phenoxy) is 1. The van der Waals surface area contributed by atoms with Crippen LogP contribution in [0.3, 0.4) is 0 Å². The first-order chi connectivity index (χ1) is 8.28. The molecule has 0 heterocycles. The summed E-state index contributed by atoms with van der Waals surface area (Å²) in [5.74, 6) is 0.883. The van der Waals surface area contributed by atoms with Crippen LogP contribution in [0.15, 0.2) is 24.3 Å². The average molecular weight is 230 g/mol. The second-order valence-electron chi connectivity index (χ2n) is 4.58.